The van der Waals surface area contributed by atoms with Gasteiger partial charge in [0.05, 0.1) is 24.8 Å². The fraction of sp³-hybridized carbons (Fsp3) is 0.167. The summed E-state index contributed by atoms with van der Waals surface area (Å²) >= 11 is 6.67. The number of rotatable bonds is 9. The molecule has 4 rings (SSSR count). The largest absolute Gasteiger partial charge is 0.493 e. The van der Waals surface area contributed by atoms with Gasteiger partial charge in [-0.2, -0.15) is 0 Å². The molecule has 0 N–H and O–H groups in total. The zero-order valence-corrected chi connectivity index (χ0v) is 19.0. The summed E-state index contributed by atoms with van der Waals surface area (Å²) in [6.45, 7) is 0.996. The summed E-state index contributed by atoms with van der Waals surface area (Å²) in [6, 6.07) is 18.6. The maximum atomic E-state index is 12.9. The highest BCUT2D eigenvalue weighted by Crippen LogP contribution is 2.35. The van der Waals surface area contributed by atoms with Crippen molar-refractivity contribution in [1.82, 2.24) is 4.90 Å². The smallest absolute Gasteiger partial charge is 0.266 e. The number of benzene rings is 2. The molecule has 0 bridgehead atoms. The number of thiocarbonyl (C=S) groups is 1. The van der Waals surface area contributed by atoms with Crippen molar-refractivity contribution in [3.8, 4) is 17.2 Å². The van der Waals surface area contributed by atoms with Crippen LogP contribution in [0.3, 0.4) is 0 Å². The lowest BCUT2D eigenvalue weighted by atomic mass is 10.2. The Balaban J connectivity index is 1.40. The van der Waals surface area contributed by atoms with Gasteiger partial charge in [-0.15, -0.1) is 0 Å². The fourth-order valence-corrected chi connectivity index (χ4v) is 4.35. The van der Waals surface area contributed by atoms with Crippen LogP contribution in [0.15, 0.2) is 76.2 Å². The molecule has 2 heterocycles. The van der Waals surface area contributed by atoms with E-state index in [1.807, 2.05) is 54.6 Å². The van der Waals surface area contributed by atoms with Crippen molar-refractivity contribution in [1.29, 1.82) is 0 Å². The van der Waals surface area contributed by atoms with Crippen LogP contribution in [0.4, 0.5) is 0 Å². The number of para-hydroxylation sites is 3. The van der Waals surface area contributed by atoms with Crippen molar-refractivity contribution >= 4 is 40.3 Å². The van der Waals surface area contributed by atoms with E-state index >= 15 is 0 Å². The number of nitrogens with zero attached hydrogens (tertiary/aromatic N) is 1. The number of thioether (sulfide) groups is 1. The fourth-order valence-electron chi connectivity index (χ4n) is 3.11. The van der Waals surface area contributed by atoms with Gasteiger partial charge in [-0.05, 0) is 36.4 Å². The molecule has 1 aliphatic heterocycles. The van der Waals surface area contributed by atoms with Gasteiger partial charge in [0.15, 0.2) is 11.5 Å². The predicted molar refractivity (Wildman–Crippen MR) is 128 cm³/mol. The lowest BCUT2D eigenvalue weighted by molar-refractivity contribution is -0.122. The van der Waals surface area contributed by atoms with Gasteiger partial charge in [-0.25, -0.2) is 0 Å². The van der Waals surface area contributed by atoms with Crippen molar-refractivity contribution in [2.24, 2.45) is 0 Å². The van der Waals surface area contributed by atoms with E-state index in [1.165, 1.54) is 16.7 Å². The molecular formula is C24H21NO5S2. The Morgan fingerprint density at radius 2 is 1.66 bits per heavy atom. The number of methoxy groups -OCH3 is 1. The average Bonchev–Trinajstić information content (AvgIpc) is 3.42. The Morgan fingerprint density at radius 1 is 0.969 bits per heavy atom. The molecule has 8 heteroatoms. The second-order valence-corrected chi connectivity index (χ2v) is 8.41. The van der Waals surface area contributed by atoms with Gasteiger partial charge in [-0.3, -0.25) is 9.69 Å². The van der Waals surface area contributed by atoms with Gasteiger partial charge in [0.2, 0.25) is 0 Å². The summed E-state index contributed by atoms with van der Waals surface area (Å²) in [4.78, 5) is 15.0. The first-order valence-electron chi connectivity index (χ1n) is 9.91. The van der Waals surface area contributed by atoms with Crippen molar-refractivity contribution in [2.75, 3.05) is 20.3 Å². The number of ether oxygens (including phenoxy) is 3. The molecule has 164 valence electrons. The molecule has 0 unspecified atom stereocenters. The Bertz CT molecular complexity index is 1130. The number of amides is 1. The number of carbonyl (C=O) groups is 1. The highest BCUT2D eigenvalue weighted by molar-refractivity contribution is 8.26. The van der Waals surface area contributed by atoms with E-state index in [2.05, 4.69) is 0 Å². The molecule has 1 saturated heterocycles. The third-order valence-corrected chi connectivity index (χ3v) is 6.02. The van der Waals surface area contributed by atoms with Crippen molar-refractivity contribution in [3.63, 3.8) is 0 Å². The Hall–Kier alpha value is -3.23. The van der Waals surface area contributed by atoms with Gasteiger partial charge in [0, 0.05) is 5.56 Å². The normalized spacial score (nSPS) is 14.8. The second-order valence-electron chi connectivity index (χ2n) is 6.73. The van der Waals surface area contributed by atoms with Crippen LogP contribution < -0.4 is 14.2 Å². The van der Waals surface area contributed by atoms with Gasteiger partial charge in [0.25, 0.3) is 5.91 Å². The quantitative estimate of drug-likeness (QED) is 0.245. The van der Waals surface area contributed by atoms with Gasteiger partial charge >= 0.3 is 0 Å². The molecule has 0 saturated carbocycles. The first-order chi connectivity index (χ1) is 15.7. The maximum absolute atomic E-state index is 12.9. The SMILES string of the molecule is COc1ccccc1OCCOc1ccccc1C=C1SC(=S)N(Cc2ccco2)C1=O. The van der Waals surface area contributed by atoms with Crippen LogP contribution >= 0.6 is 24.0 Å². The molecule has 3 aromatic rings. The molecule has 2 aromatic carbocycles. The van der Waals surface area contributed by atoms with Crippen LogP contribution in [-0.2, 0) is 11.3 Å². The van der Waals surface area contributed by atoms with Gasteiger partial charge < -0.3 is 18.6 Å². The van der Waals surface area contributed by atoms with Crippen LogP contribution in [-0.4, -0.2) is 35.5 Å². The molecule has 1 aromatic heterocycles. The third kappa shape index (κ3) is 5.15. The Kier molecular flexibility index (Phi) is 7.14. The molecular weight excluding hydrogens is 446 g/mol. The van der Waals surface area contributed by atoms with Crippen molar-refractivity contribution in [3.05, 3.63) is 83.2 Å². The summed E-state index contributed by atoms with van der Waals surface area (Å²) in [7, 11) is 1.60. The zero-order chi connectivity index (χ0) is 22.3. The topological polar surface area (TPSA) is 61.1 Å². The lowest BCUT2D eigenvalue weighted by Gasteiger charge is -2.13. The monoisotopic (exact) mass is 467 g/mol. The second kappa shape index (κ2) is 10.4. The van der Waals surface area contributed by atoms with Crippen LogP contribution in [0, 0.1) is 0 Å². The minimum atomic E-state index is -0.147. The molecule has 1 amide bonds. The number of hydrogen-bond acceptors (Lipinski definition) is 7. The predicted octanol–water partition coefficient (Wildman–Crippen LogP) is 5.15. The van der Waals surface area contributed by atoms with E-state index in [-0.39, 0.29) is 5.91 Å². The molecule has 0 radical (unpaired) electrons. The van der Waals surface area contributed by atoms with Crippen molar-refractivity contribution in [2.45, 2.75) is 6.54 Å². The first-order valence-corrected chi connectivity index (χ1v) is 11.1. The number of furan rings is 1. The molecule has 32 heavy (non-hydrogen) atoms. The Morgan fingerprint density at radius 3 is 2.38 bits per heavy atom. The van der Waals surface area contributed by atoms with E-state index in [9.17, 15) is 4.79 Å². The minimum Gasteiger partial charge on any atom is -0.493 e. The standard InChI is InChI=1S/C24H21NO5S2/c1-27-20-10-4-5-11-21(20)30-14-13-29-19-9-3-2-7-17(19)15-22-23(26)25(24(31)32-22)16-18-8-6-12-28-18/h2-12,15H,13-14,16H2,1H3. The van der Waals surface area contributed by atoms with Gasteiger partial charge in [0.1, 0.15) is 29.0 Å². The van der Waals surface area contributed by atoms with E-state index in [4.69, 9.17) is 30.8 Å². The third-order valence-electron chi connectivity index (χ3n) is 4.64. The van der Waals surface area contributed by atoms with E-state index in [1.54, 1.807) is 25.5 Å². The van der Waals surface area contributed by atoms with Crippen LogP contribution in [0.1, 0.15) is 11.3 Å². The summed E-state index contributed by atoms with van der Waals surface area (Å²) in [6.07, 6.45) is 3.38. The lowest BCUT2D eigenvalue weighted by Crippen LogP contribution is -2.27. The summed E-state index contributed by atoms with van der Waals surface area (Å²) in [5.74, 6) is 2.52. The molecule has 6 nitrogen and oxygen atoms in total. The molecule has 1 aliphatic rings. The molecule has 0 aliphatic carbocycles. The van der Waals surface area contributed by atoms with Crippen LogP contribution in [0.5, 0.6) is 17.2 Å². The molecule has 0 atom stereocenters. The highest BCUT2D eigenvalue weighted by atomic mass is 32.2. The first kappa shape index (κ1) is 22.0. The molecule has 0 spiro atoms. The number of hydrogen-bond donors (Lipinski definition) is 0. The average molecular weight is 468 g/mol. The summed E-state index contributed by atoms with van der Waals surface area (Å²) in [5.41, 5.74) is 0.795. The van der Waals surface area contributed by atoms with Gasteiger partial charge in [-0.1, -0.05) is 54.3 Å². The number of carbonyl (C=O) groups excluding carboxylic acids is 1. The van der Waals surface area contributed by atoms with E-state index in [0.717, 1.165) is 5.56 Å². The van der Waals surface area contributed by atoms with E-state index in [0.29, 0.717) is 52.0 Å². The van der Waals surface area contributed by atoms with Crippen molar-refractivity contribution < 1.29 is 23.4 Å². The molecule has 1 fully saturated rings. The van der Waals surface area contributed by atoms with Crippen LogP contribution in [0.25, 0.3) is 6.08 Å². The van der Waals surface area contributed by atoms with Crippen LogP contribution in [0.2, 0.25) is 0 Å². The zero-order valence-electron chi connectivity index (χ0n) is 17.4. The minimum absolute atomic E-state index is 0.147. The summed E-state index contributed by atoms with van der Waals surface area (Å²) < 4.78 is 22.8. The summed E-state index contributed by atoms with van der Waals surface area (Å²) in [5, 5.41) is 0. The highest BCUT2D eigenvalue weighted by Gasteiger charge is 2.32. The Labute approximate surface area is 195 Å². The van der Waals surface area contributed by atoms with E-state index < -0.39 is 0 Å². The maximum Gasteiger partial charge on any atom is 0.266 e.